The number of H-pyrrole nitrogens is 1. The molecule has 1 aliphatic rings. The molecule has 1 saturated heterocycles. The van der Waals surface area contributed by atoms with E-state index in [0.29, 0.717) is 30.3 Å². The topological polar surface area (TPSA) is 87.8 Å². The molecule has 0 aliphatic carbocycles. The number of carbonyl (C=O) groups excluding carboxylic acids is 2. The van der Waals surface area contributed by atoms with Gasteiger partial charge in [0.2, 0.25) is 5.91 Å². The average Bonchev–Trinajstić information content (AvgIpc) is 3.13. The van der Waals surface area contributed by atoms with Crippen LogP contribution < -0.4 is 9.47 Å². The first-order chi connectivity index (χ1) is 12.5. The molecule has 0 unspecified atom stereocenters. The van der Waals surface area contributed by atoms with Gasteiger partial charge in [0, 0.05) is 20.1 Å². The normalized spacial score (nSPS) is 17.3. The molecule has 2 aromatic rings. The third kappa shape index (κ3) is 3.49. The van der Waals surface area contributed by atoms with Crippen LogP contribution in [0.1, 0.15) is 23.1 Å². The fourth-order valence-corrected chi connectivity index (χ4v) is 2.88. The molecule has 2 amide bonds. The Balaban J connectivity index is 1.66. The number of nitrogens with one attached hydrogen (secondary N) is 1. The average molecular weight is 358 g/mol. The number of aromatic amines is 1. The summed E-state index contributed by atoms with van der Waals surface area (Å²) in [4.78, 5) is 27.9. The zero-order valence-corrected chi connectivity index (χ0v) is 15.1. The maximum atomic E-state index is 12.7. The van der Waals surface area contributed by atoms with Crippen molar-refractivity contribution in [1.82, 2.24) is 20.0 Å². The zero-order valence-electron chi connectivity index (χ0n) is 15.1. The maximum absolute atomic E-state index is 12.7. The van der Waals surface area contributed by atoms with E-state index in [2.05, 4.69) is 10.2 Å². The Morgan fingerprint density at radius 3 is 2.77 bits per heavy atom. The van der Waals surface area contributed by atoms with Gasteiger partial charge >= 0.3 is 0 Å². The predicted octanol–water partition coefficient (Wildman–Crippen LogP) is 1.30. The highest BCUT2D eigenvalue weighted by molar-refractivity contribution is 5.96. The van der Waals surface area contributed by atoms with Crippen LogP contribution in [0.15, 0.2) is 30.3 Å². The van der Waals surface area contributed by atoms with Crippen LogP contribution in [0.25, 0.3) is 0 Å². The number of ether oxygens (including phenoxy) is 2. The molecule has 0 radical (unpaired) electrons. The Hall–Kier alpha value is -3.03. The Morgan fingerprint density at radius 1 is 1.31 bits per heavy atom. The van der Waals surface area contributed by atoms with Crippen LogP contribution in [-0.2, 0) is 11.4 Å². The van der Waals surface area contributed by atoms with Crippen molar-refractivity contribution in [2.75, 3.05) is 27.2 Å². The molecule has 8 heteroatoms. The number of hydrogen-bond acceptors (Lipinski definition) is 5. The summed E-state index contributed by atoms with van der Waals surface area (Å²) in [6.07, 6.45) is 0. The molecule has 26 heavy (non-hydrogen) atoms. The second-order valence-corrected chi connectivity index (χ2v) is 6.15. The summed E-state index contributed by atoms with van der Waals surface area (Å²) in [5.74, 6) is 0.905. The molecule has 2 heterocycles. The van der Waals surface area contributed by atoms with Gasteiger partial charge in [0.1, 0.15) is 12.6 Å². The summed E-state index contributed by atoms with van der Waals surface area (Å²) >= 11 is 0. The second-order valence-electron chi connectivity index (χ2n) is 6.15. The smallest absolute Gasteiger partial charge is 0.275 e. The van der Waals surface area contributed by atoms with Gasteiger partial charge in [-0.05, 0) is 25.1 Å². The van der Waals surface area contributed by atoms with E-state index in [1.807, 2.05) is 18.2 Å². The minimum atomic E-state index is -0.494. The molecule has 3 rings (SSSR count). The van der Waals surface area contributed by atoms with E-state index in [0.717, 1.165) is 0 Å². The highest BCUT2D eigenvalue weighted by Crippen LogP contribution is 2.26. The standard InChI is InChI=1S/C18H22N4O4/c1-12-17(23)21(2)8-9-22(12)18(24)14-10-13(19-20-14)11-26-16-7-5-4-6-15(16)25-3/h4-7,10,12H,8-9,11H2,1-3H3,(H,19,20)/t12-/m0/s1. The number of benzene rings is 1. The number of piperazine rings is 1. The molecule has 1 atom stereocenters. The van der Waals surface area contributed by atoms with Crippen LogP contribution in [0.3, 0.4) is 0 Å². The SMILES string of the molecule is COc1ccccc1OCc1cc(C(=O)N2CCN(C)C(=O)[C@@H]2C)n[nH]1. The number of methoxy groups -OCH3 is 1. The maximum Gasteiger partial charge on any atom is 0.275 e. The first kappa shape index (κ1) is 17.8. The molecular formula is C18H22N4O4. The third-order valence-corrected chi connectivity index (χ3v) is 4.44. The zero-order chi connectivity index (χ0) is 18.7. The molecule has 0 spiro atoms. The van der Waals surface area contributed by atoms with E-state index >= 15 is 0 Å². The predicted molar refractivity (Wildman–Crippen MR) is 94.0 cm³/mol. The summed E-state index contributed by atoms with van der Waals surface area (Å²) in [5.41, 5.74) is 0.931. The van der Waals surface area contributed by atoms with Crippen molar-refractivity contribution in [2.24, 2.45) is 0 Å². The van der Waals surface area contributed by atoms with Crippen molar-refractivity contribution >= 4 is 11.8 Å². The van der Waals surface area contributed by atoms with Crippen molar-refractivity contribution in [1.29, 1.82) is 0 Å². The largest absolute Gasteiger partial charge is 0.493 e. The Bertz CT molecular complexity index is 804. The third-order valence-electron chi connectivity index (χ3n) is 4.44. The van der Waals surface area contributed by atoms with Crippen LogP contribution in [0.4, 0.5) is 0 Å². The van der Waals surface area contributed by atoms with Gasteiger partial charge in [0.05, 0.1) is 12.8 Å². The van der Waals surface area contributed by atoms with Gasteiger partial charge in [-0.2, -0.15) is 5.10 Å². The molecule has 1 aromatic carbocycles. The number of para-hydroxylation sites is 2. The minimum absolute atomic E-state index is 0.0696. The van der Waals surface area contributed by atoms with E-state index in [9.17, 15) is 9.59 Å². The quantitative estimate of drug-likeness (QED) is 0.870. The lowest BCUT2D eigenvalue weighted by atomic mass is 10.1. The number of carbonyl (C=O) groups is 2. The van der Waals surface area contributed by atoms with E-state index in [1.165, 1.54) is 0 Å². The van der Waals surface area contributed by atoms with E-state index in [4.69, 9.17) is 9.47 Å². The monoisotopic (exact) mass is 358 g/mol. The number of rotatable bonds is 5. The van der Waals surface area contributed by atoms with Gasteiger partial charge in [-0.3, -0.25) is 14.7 Å². The minimum Gasteiger partial charge on any atom is -0.493 e. The van der Waals surface area contributed by atoms with E-state index in [1.54, 1.807) is 43.0 Å². The number of nitrogens with zero attached hydrogens (tertiary/aromatic N) is 3. The number of likely N-dealkylation sites (N-methyl/N-ethyl adjacent to an activating group) is 1. The van der Waals surface area contributed by atoms with Crippen molar-refractivity contribution in [3.05, 3.63) is 41.7 Å². The van der Waals surface area contributed by atoms with E-state index < -0.39 is 6.04 Å². The second kappa shape index (κ2) is 7.47. The first-order valence-electron chi connectivity index (χ1n) is 8.37. The summed E-state index contributed by atoms with van der Waals surface area (Å²) < 4.78 is 11.0. The lowest BCUT2D eigenvalue weighted by Crippen LogP contribution is -2.56. The molecule has 1 aliphatic heterocycles. The summed E-state index contributed by atoms with van der Waals surface area (Å²) in [5, 5.41) is 6.88. The molecule has 1 fully saturated rings. The lowest BCUT2D eigenvalue weighted by molar-refractivity contribution is -0.137. The van der Waals surface area contributed by atoms with Crippen molar-refractivity contribution in [3.8, 4) is 11.5 Å². The van der Waals surface area contributed by atoms with Gasteiger partial charge in [0.25, 0.3) is 5.91 Å². The van der Waals surface area contributed by atoms with Gasteiger partial charge in [-0.1, -0.05) is 12.1 Å². The Morgan fingerprint density at radius 2 is 2.04 bits per heavy atom. The van der Waals surface area contributed by atoms with Crippen LogP contribution in [0.5, 0.6) is 11.5 Å². The summed E-state index contributed by atoms with van der Waals surface area (Å²) in [6.45, 7) is 2.96. The van der Waals surface area contributed by atoms with Crippen LogP contribution in [0.2, 0.25) is 0 Å². The Kier molecular flexibility index (Phi) is 5.11. The van der Waals surface area contributed by atoms with Gasteiger partial charge < -0.3 is 19.3 Å². The van der Waals surface area contributed by atoms with Crippen LogP contribution in [0, 0.1) is 0 Å². The summed E-state index contributed by atoms with van der Waals surface area (Å²) in [6, 6.07) is 8.48. The van der Waals surface area contributed by atoms with Gasteiger partial charge in [0.15, 0.2) is 17.2 Å². The first-order valence-corrected chi connectivity index (χ1v) is 8.37. The van der Waals surface area contributed by atoms with Gasteiger partial charge in [-0.25, -0.2) is 0 Å². The van der Waals surface area contributed by atoms with E-state index in [-0.39, 0.29) is 24.1 Å². The molecule has 1 aromatic heterocycles. The highest BCUT2D eigenvalue weighted by atomic mass is 16.5. The molecule has 138 valence electrons. The van der Waals surface area contributed by atoms with Crippen molar-refractivity contribution in [2.45, 2.75) is 19.6 Å². The van der Waals surface area contributed by atoms with Crippen molar-refractivity contribution in [3.63, 3.8) is 0 Å². The molecule has 0 saturated carbocycles. The van der Waals surface area contributed by atoms with Gasteiger partial charge in [-0.15, -0.1) is 0 Å². The molecule has 0 bridgehead atoms. The fraction of sp³-hybridized carbons (Fsp3) is 0.389. The molecule has 1 N–H and O–H groups in total. The Labute approximate surface area is 151 Å². The highest BCUT2D eigenvalue weighted by Gasteiger charge is 2.33. The molecule has 8 nitrogen and oxygen atoms in total. The van der Waals surface area contributed by atoms with Crippen LogP contribution in [-0.4, -0.2) is 65.1 Å². The van der Waals surface area contributed by atoms with Crippen molar-refractivity contribution < 1.29 is 19.1 Å². The summed E-state index contributed by atoms with van der Waals surface area (Å²) in [7, 11) is 3.32. The number of amides is 2. The van der Waals surface area contributed by atoms with Crippen LogP contribution >= 0.6 is 0 Å². The lowest BCUT2D eigenvalue weighted by Gasteiger charge is -2.36. The number of hydrogen-bond donors (Lipinski definition) is 1. The molecular weight excluding hydrogens is 336 g/mol. The fourth-order valence-electron chi connectivity index (χ4n) is 2.88. The number of aromatic nitrogens is 2.